The summed E-state index contributed by atoms with van der Waals surface area (Å²) < 4.78 is 0. The molecule has 0 radical (unpaired) electrons. The number of rotatable bonds is 4. The second kappa shape index (κ2) is 5.80. The molecule has 0 amide bonds. The van der Waals surface area contributed by atoms with E-state index in [0.717, 1.165) is 12.5 Å². The predicted molar refractivity (Wildman–Crippen MR) is 70.8 cm³/mol. The van der Waals surface area contributed by atoms with Gasteiger partial charge in [-0.2, -0.15) is 11.3 Å². The molecule has 2 N–H and O–H groups in total. The molecule has 3 heteroatoms. The summed E-state index contributed by atoms with van der Waals surface area (Å²) in [5.41, 5.74) is 7.36. The summed E-state index contributed by atoms with van der Waals surface area (Å²) >= 11 is 1.79. The molecular formula is C13H22N2S. The van der Waals surface area contributed by atoms with E-state index in [2.05, 4.69) is 28.7 Å². The van der Waals surface area contributed by atoms with Gasteiger partial charge in [0.1, 0.15) is 0 Å². The second-order valence-corrected chi connectivity index (χ2v) is 5.62. The van der Waals surface area contributed by atoms with Crippen molar-refractivity contribution >= 4 is 11.3 Å². The fraction of sp³-hybridized carbons (Fsp3) is 0.692. The highest BCUT2D eigenvalue weighted by atomic mass is 32.1. The average molecular weight is 238 g/mol. The van der Waals surface area contributed by atoms with Crippen LogP contribution in [0.1, 0.15) is 25.3 Å². The van der Waals surface area contributed by atoms with Crippen LogP contribution < -0.4 is 5.73 Å². The molecule has 1 aromatic heterocycles. The van der Waals surface area contributed by atoms with Crippen molar-refractivity contribution < 1.29 is 0 Å². The third-order valence-electron chi connectivity index (χ3n) is 3.74. The molecule has 0 aromatic carbocycles. The molecule has 1 fully saturated rings. The Bertz CT molecular complexity index is 297. The van der Waals surface area contributed by atoms with E-state index in [1.54, 1.807) is 11.3 Å². The normalized spacial score (nSPS) is 27.1. The van der Waals surface area contributed by atoms with Gasteiger partial charge in [0.2, 0.25) is 0 Å². The van der Waals surface area contributed by atoms with Crippen molar-refractivity contribution in [2.24, 2.45) is 11.7 Å². The zero-order valence-electron chi connectivity index (χ0n) is 10.1. The molecule has 2 heterocycles. The minimum absolute atomic E-state index is 0.604. The highest BCUT2D eigenvalue weighted by Crippen LogP contribution is 2.22. The van der Waals surface area contributed by atoms with E-state index in [9.17, 15) is 0 Å². The van der Waals surface area contributed by atoms with Crippen molar-refractivity contribution in [3.8, 4) is 0 Å². The number of hydrogen-bond acceptors (Lipinski definition) is 3. The van der Waals surface area contributed by atoms with E-state index in [1.807, 2.05) is 0 Å². The van der Waals surface area contributed by atoms with E-state index in [-0.39, 0.29) is 0 Å². The lowest BCUT2D eigenvalue weighted by atomic mass is 9.90. The van der Waals surface area contributed by atoms with Crippen LogP contribution in [0.3, 0.4) is 0 Å². The van der Waals surface area contributed by atoms with Gasteiger partial charge in [0.25, 0.3) is 0 Å². The minimum atomic E-state index is 0.604. The molecule has 1 aliphatic heterocycles. The van der Waals surface area contributed by atoms with E-state index >= 15 is 0 Å². The van der Waals surface area contributed by atoms with Gasteiger partial charge < -0.3 is 5.73 Å². The Morgan fingerprint density at radius 1 is 1.56 bits per heavy atom. The topological polar surface area (TPSA) is 29.3 Å². The van der Waals surface area contributed by atoms with Crippen LogP contribution in [0.15, 0.2) is 16.8 Å². The Balaban J connectivity index is 1.87. The Labute approximate surface area is 102 Å². The van der Waals surface area contributed by atoms with Crippen LogP contribution in [0.4, 0.5) is 0 Å². The standard InChI is InChI=1S/C13H22N2S/c1-11-3-2-6-15(13(11)9-14)7-4-12-5-8-16-10-12/h5,8,10-11,13H,2-4,6-7,9,14H2,1H3. The van der Waals surface area contributed by atoms with Crippen LogP contribution >= 0.6 is 11.3 Å². The van der Waals surface area contributed by atoms with Crippen LogP contribution in [0.2, 0.25) is 0 Å². The van der Waals surface area contributed by atoms with Gasteiger partial charge in [-0.25, -0.2) is 0 Å². The average Bonchev–Trinajstić information content (AvgIpc) is 2.79. The monoisotopic (exact) mass is 238 g/mol. The number of thiophene rings is 1. The van der Waals surface area contributed by atoms with Crippen LogP contribution in [0.5, 0.6) is 0 Å². The molecule has 0 bridgehead atoms. The molecule has 2 atom stereocenters. The molecule has 90 valence electrons. The van der Waals surface area contributed by atoms with Gasteiger partial charge in [0.15, 0.2) is 0 Å². The Morgan fingerprint density at radius 3 is 3.12 bits per heavy atom. The van der Waals surface area contributed by atoms with E-state index in [4.69, 9.17) is 5.73 Å². The maximum atomic E-state index is 5.89. The largest absolute Gasteiger partial charge is 0.329 e. The maximum Gasteiger partial charge on any atom is 0.0244 e. The number of nitrogens with zero attached hydrogens (tertiary/aromatic N) is 1. The lowest BCUT2D eigenvalue weighted by molar-refractivity contribution is 0.108. The van der Waals surface area contributed by atoms with Crippen molar-refractivity contribution in [2.75, 3.05) is 19.6 Å². The van der Waals surface area contributed by atoms with E-state index < -0.39 is 0 Å². The molecule has 1 aromatic rings. The zero-order chi connectivity index (χ0) is 11.4. The SMILES string of the molecule is CC1CCCN(CCc2ccsc2)C1CN. The molecule has 16 heavy (non-hydrogen) atoms. The zero-order valence-corrected chi connectivity index (χ0v) is 10.9. The Morgan fingerprint density at radius 2 is 2.44 bits per heavy atom. The molecule has 2 rings (SSSR count). The lowest BCUT2D eigenvalue weighted by Gasteiger charge is -2.39. The smallest absolute Gasteiger partial charge is 0.0244 e. The lowest BCUT2D eigenvalue weighted by Crippen LogP contribution is -2.49. The first-order valence-electron chi connectivity index (χ1n) is 6.26. The summed E-state index contributed by atoms with van der Waals surface area (Å²) in [5.74, 6) is 0.765. The van der Waals surface area contributed by atoms with Crippen LogP contribution in [-0.2, 0) is 6.42 Å². The molecule has 1 aliphatic rings. The molecule has 2 nitrogen and oxygen atoms in total. The third-order valence-corrected chi connectivity index (χ3v) is 4.47. The Kier molecular flexibility index (Phi) is 4.38. The van der Waals surface area contributed by atoms with Crippen molar-refractivity contribution in [3.05, 3.63) is 22.4 Å². The van der Waals surface area contributed by atoms with Gasteiger partial charge in [0.05, 0.1) is 0 Å². The number of likely N-dealkylation sites (tertiary alicyclic amines) is 1. The predicted octanol–water partition coefficient (Wildman–Crippen LogP) is 2.35. The first kappa shape index (κ1) is 12.1. The van der Waals surface area contributed by atoms with Crippen molar-refractivity contribution in [1.82, 2.24) is 4.90 Å². The fourth-order valence-electron chi connectivity index (χ4n) is 2.70. The summed E-state index contributed by atoms with van der Waals surface area (Å²) in [5, 5.41) is 4.42. The molecule has 2 unspecified atom stereocenters. The van der Waals surface area contributed by atoms with Crippen LogP contribution in [0, 0.1) is 5.92 Å². The molecule has 0 saturated carbocycles. The first-order chi connectivity index (χ1) is 7.81. The molecule has 1 saturated heterocycles. The minimum Gasteiger partial charge on any atom is -0.329 e. The highest BCUT2D eigenvalue weighted by Gasteiger charge is 2.26. The number of piperidine rings is 1. The van der Waals surface area contributed by atoms with Gasteiger partial charge >= 0.3 is 0 Å². The van der Waals surface area contributed by atoms with Gasteiger partial charge in [0, 0.05) is 19.1 Å². The van der Waals surface area contributed by atoms with Crippen LogP contribution in [0.25, 0.3) is 0 Å². The molecular weight excluding hydrogens is 216 g/mol. The summed E-state index contributed by atoms with van der Waals surface area (Å²) in [6.07, 6.45) is 3.85. The number of hydrogen-bond donors (Lipinski definition) is 1. The summed E-state index contributed by atoms with van der Waals surface area (Å²) in [6, 6.07) is 2.84. The van der Waals surface area contributed by atoms with Crippen molar-refractivity contribution in [1.29, 1.82) is 0 Å². The van der Waals surface area contributed by atoms with Crippen LogP contribution in [-0.4, -0.2) is 30.6 Å². The first-order valence-corrected chi connectivity index (χ1v) is 7.20. The quantitative estimate of drug-likeness (QED) is 0.872. The van der Waals surface area contributed by atoms with Gasteiger partial charge in [-0.15, -0.1) is 0 Å². The number of nitrogens with two attached hydrogens (primary N) is 1. The van der Waals surface area contributed by atoms with Gasteiger partial charge in [-0.05, 0) is 54.1 Å². The molecule has 0 spiro atoms. The maximum absolute atomic E-state index is 5.89. The Hall–Kier alpha value is -0.380. The van der Waals surface area contributed by atoms with Crippen molar-refractivity contribution in [2.45, 2.75) is 32.2 Å². The highest BCUT2D eigenvalue weighted by molar-refractivity contribution is 7.07. The summed E-state index contributed by atoms with van der Waals surface area (Å²) in [4.78, 5) is 2.59. The third kappa shape index (κ3) is 2.84. The fourth-order valence-corrected chi connectivity index (χ4v) is 3.40. The van der Waals surface area contributed by atoms with Crippen molar-refractivity contribution in [3.63, 3.8) is 0 Å². The second-order valence-electron chi connectivity index (χ2n) is 4.84. The van der Waals surface area contributed by atoms with E-state index in [1.165, 1.54) is 37.9 Å². The summed E-state index contributed by atoms with van der Waals surface area (Å²) in [6.45, 7) is 5.55. The van der Waals surface area contributed by atoms with Gasteiger partial charge in [-0.1, -0.05) is 6.92 Å². The van der Waals surface area contributed by atoms with E-state index in [0.29, 0.717) is 6.04 Å². The molecule has 0 aliphatic carbocycles. The van der Waals surface area contributed by atoms with Gasteiger partial charge in [-0.3, -0.25) is 4.90 Å². The summed E-state index contributed by atoms with van der Waals surface area (Å²) in [7, 11) is 0.